The standard InChI is InChI=1S/C16H15N3O2S.2C2HF3O2/c20-22(21,14-4-2-7-17-10-14)19-11-13-6-8-18-9-12-3-1-5-15(19)16(12)13;2*3-2(4,5)1(6)7/h1-5,7,10-11,18H,6,8-9H2;2*(H,6,7). The zero-order valence-electron chi connectivity index (χ0n) is 17.8. The lowest BCUT2D eigenvalue weighted by Crippen LogP contribution is -2.21. The minimum Gasteiger partial charge on any atom is -0.475 e. The van der Waals surface area contributed by atoms with Crippen LogP contribution in [0, 0.1) is 0 Å². The van der Waals surface area contributed by atoms with Crippen molar-refractivity contribution >= 4 is 32.9 Å². The van der Waals surface area contributed by atoms with Gasteiger partial charge >= 0.3 is 24.3 Å². The Morgan fingerprint density at radius 3 is 2.03 bits per heavy atom. The van der Waals surface area contributed by atoms with Crippen LogP contribution in [0.4, 0.5) is 26.3 Å². The number of carboxylic acid groups (broad SMARTS) is 2. The zero-order valence-corrected chi connectivity index (χ0v) is 18.7. The van der Waals surface area contributed by atoms with Gasteiger partial charge in [-0.15, -0.1) is 0 Å². The molecule has 0 amide bonds. The van der Waals surface area contributed by atoms with Crippen molar-refractivity contribution in [3.05, 3.63) is 60.0 Å². The van der Waals surface area contributed by atoms with Crippen molar-refractivity contribution in [3.8, 4) is 0 Å². The van der Waals surface area contributed by atoms with Crippen molar-refractivity contribution in [1.29, 1.82) is 0 Å². The number of benzene rings is 1. The van der Waals surface area contributed by atoms with E-state index >= 15 is 0 Å². The van der Waals surface area contributed by atoms with Crippen LogP contribution in [-0.4, -0.2) is 58.4 Å². The highest BCUT2D eigenvalue weighted by Crippen LogP contribution is 2.30. The summed E-state index contributed by atoms with van der Waals surface area (Å²) in [6.07, 6.45) is -4.63. The van der Waals surface area contributed by atoms with Crippen LogP contribution in [0.15, 0.2) is 53.8 Å². The fourth-order valence-electron chi connectivity index (χ4n) is 3.01. The molecule has 1 aliphatic heterocycles. The summed E-state index contributed by atoms with van der Waals surface area (Å²) in [6, 6.07) is 9.03. The molecule has 3 aromatic rings. The average Bonchev–Trinajstić information content (AvgIpc) is 3.04. The molecule has 0 unspecified atom stereocenters. The molecule has 16 heteroatoms. The highest BCUT2D eigenvalue weighted by molar-refractivity contribution is 7.90. The quantitative estimate of drug-likeness (QED) is 0.421. The third-order valence-electron chi connectivity index (χ3n) is 4.52. The first-order valence-electron chi connectivity index (χ1n) is 9.65. The molecule has 0 saturated carbocycles. The van der Waals surface area contributed by atoms with Crippen LogP contribution in [0.2, 0.25) is 0 Å². The molecule has 2 aromatic heterocycles. The van der Waals surface area contributed by atoms with Crippen LogP contribution in [-0.2, 0) is 32.6 Å². The van der Waals surface area contributed by atoms with Gasteiger partial charge in [-0.3, -0.25) is 4.98 Å². The molecule has 3 heterocycles. The molecule has 0 atom stereocenters. The van der Waals surface area contributed by atoms with E-state index in [1.165, 1.54) is 10.2 Å². The first kappa shape index (κ1) is 28.6. The van der Waals surface area contributed by atoms with Gasteiger partial charge in [0.05, 0.1) is 5.52 Å². The number of nitrogens with zero attached hydrogens (tertiary/aromatic N) is 2. The lowest BCUT2D eigenvalue weighted by molar-refractivity contribution is -0.193. The van der Waals surface area contributed by atoms with E-state index in [0.29, 0.717) is 0 Å². The Kier molecular flexibility index (Phi) is 8.69. The van der Waals surface area contributed by atoms with E-state index in [1.807, 2.05) is 18.2 Å². The first-order valence-corrected chi connectivity index (χ1v) is 11.1. The molecule has 1 aliphatic rings. The number of carbonyl (C=O) groups is 2. The molecule has 0 bridgehead atoms. The van der Waals surface area contributed by atoms with E-state index in [9.17, 15) is 34.8 Å². The van der Waals surface area contributed by atoms with Gasteiger partial charge in [0.2, 0.25) is 0 Å². The fraction of sp³-hybridized carbons (Fsp3) is 0.250. The van der Waals surface area contributed by atoms with E-state index in [0.717, 1.165) is 41.5 Å². The van der Waals surface area contributed by atoms with Gasteiger partial charge in [0, 0.05) is 30.5 Å². The third-order valence-corrected chi connectivity index (χ3v) is 6.18. The van der Waals surface area contributed by atoms with Gasteiger partial charge < -0.3 is 15.5 Å². The van der Waals surface area contributed by atoms with Gasteiger partial charge in [0.25, 0.3) is 10.0 Å². The fourth-order valence-corrected chi connectivity index (χ4v) is 4.36. The van der Waals surface area contributed by atoms with Crippen molar-refractivity contribution in [2.75, 3.05) is 6.54 Å². The highest BCUT2D eigenvalue weighted by Gasteiger charge is 2.38. The van der Waals surface area contributed by atoms with Crippen LogP contribution in [0.3, 0.4) is 0 Å². The Balaban J connectivity index is 0.000000271. The van der Waals surface area contributed by atoms with Crippen LogP contribution in [0.5, 0.6) is 0 Å². The van der Waals surface area contributed by atoms with Gasteiger partial charge in [0.1, 0.15) is 4.90 Å². The maximum Gasteiger partial charge on any atom is 0.490 e. The summed E-state index contributed by atoms with van der Waals surface area (Å²) in [5.74, 6) is -5.51. The number of rotatable bonds is 2. The monoisotopic (exact) mass is 541 g/mol. The lowest BCUT2D eigenvalue weighted by Gasteiger charge is -2.08. The van der Waals surface area contributed by atoms with Crippen LogP contribution in [0.25, 0.3) is 10.9 Å². The van der Waals surface area contributed by atoms with E-state index in [-0.39, 0.29) is 4.90 Å². The summed E-state index contributed by atoms with van der Waals surface area (Å²) in [5.41, 5.74) is 2.95. The summed E-state index contributed by atoms with van der Waals surface area (Å²) in [6.45, 7) is 1.61. The number of nitrogens with one attached hydrogen (secondary N) is 1. The number of alkyl halides is 6. The molecule has 3 N–H and O–H groups in total. The van der Waals surface area contributed by atoms with Crippen molar-refractivity contribution in [1.82, 2.24) is 14.3 Å². The van der Waals surface area contributed by atoms with Gasteiger partial charge in [-0.2, -0.15) is 26.3 Å². The summed E-state index contributed by atoms with van der Waals surface area (Å²) < 4.78 is 90.7. The second kappa shape index (κ2) is 10.9. The van der Waals surface area contributed by atoms with E-state index < -0.39 is 34.3 Å². The van der Waals surface area contributed by atoms with Gasteiger partial charge in [-0.25, -0.2) is 22.0 Å². The van der Waals surface area contributed by atoms with E-state index in [2.05, 4.69) is 10.3 Å². The number of aromatic nitrogens is 2. The first-order chi connectivity index (χ1) is 16.6. The summed E-state index contributed by atoms with van der Waals surface area (Å²) in [7, 11) is -3.62. The van der Waals surface area contributed by atoms with Gasteiger partial charge in [-0.05, 0) is 42.3 Å². The minimum atomic E-state index is -5.08. The van der Waals surface area contributed by atoms with Crippen molar-refractivity contribution < 1.29 is 54.6 Å². The molecule has 0 aliphatic carbocycles. The SMILES string of the molecule is O=C(O)C(F)(F)F.O=C(O)C(F)(F)F.O=S(=O)(c1cccnc1)n1cc2c3c(cccc31)CNCC2. The molecule has 0 fully saturated rings. The molecule has 0 radical (unpaired) electrons. The molecular weight excluding hydrogens is 524 g/mol. The van der Waals surface area contributed by atoms with E-state index in [1.54, 1.807) is 24.5 Å². The molecular formula is C20H17F6N3O6S. The molecule has 196 valence electrons. The van der Waals surface area contributed by atoms with Gasteiger partial charge in [-0.1, -0.05) is 12.1 Å². The third kappa shape index (κ3) is 6.94. The maximum absolute atomic E-state index is 12.9. The number of halogens is 6. The number of hydrogen-bond donors (Lipinski definition) is 3. The maximum atomic E-state index is 12.9. The smallest absolute Gasteiger partial charge is 0.475 e. The number of hydrogen-bond acceptors (Lipinski definition) is 6. The summed E-state index contributed by atoms with van der Waals surface area (Å²) in [4.78, 5) is 21.9. The Bertz CT molecular complexity index is 1310. The normalized spacial score (nSPS) is 13.5. The molecule has 4 rings (SSSR count). The summed E-state index contributed by atoms with van der Waals surface area (Å²) in [5, 5.41) is 18.7. The van der Waals surface area contributed by atoms with Gasteiger partial charge in [0.15, 0.2) is 0 Å². The number of carboxylic acids is 2. The minimum absolute atomic E-state index is 0.207. The Morgan fingerprint density at radius 1 is 0.944 bits per heavy atom. The number of pyridine rings is 1. The Hall–Kier alpha value is -3.66. The van der Waals surface area contributed by atoms with Crippen LogP contribution < -0.4 is 5.32 Å². The second-order valence-electron chi connectivity index (χ2n) is 6.99. The van der Waals surface area contributed by atoms with Crippen molar-refractivity contribution in [3.63, 3.8) is 0 Å². The summed E-state index contributed by atoms with van der Waals surface area (Å²) >= 11 is 0. The second-order valence-corrected chi connectivity index (χ2v) is 8.80. The molecule has 1 aromatic carbocycles. The largest absolute Gasteiger partial charge is 0.490 e. The molecule has 9 nitrogen and oxygen atoms in total. The topological polar surface area (TPSA) is 139 Å². The molecule has 0 spiro atoms. The lowest BCUT2D eigenvalue weighted by atomic mass is 10.1. The Morgan fingerprint density at radius 2 is 1.53 bits per heavy atom. The van der Waals surface area contributed by atoms with Crippen molar-refractivity contribution in [2.45, 2.75) is 30.2 Å². The number of aliphatic carboxylic acids is 2. The Labute approximate surface area is 199 Å². The predicted molar refractivity (Wildman–Crippen MR) is 112 cm³/mol. The average molecular weight is 541 g/mol. The predicted octanol–water partition coefficient (Wildman–Crippen LogP) is 3.19. The van der Waals surface area contributed by atoms with Crippen LogP contribution in [0.1, 0.15) is 11.1 Å². The molecule has 36 heavy (non-hydrogen) atoms. The van der Waals surface area contributed by atoms with Crippen LogP contribution >= 0.6 is 0 Å². The zero-order chi connectivity index (χ0) is 27.3. The highest BCUT2D eigenvalue weighted by atomic mass is 32.2. The molecule has 0 saturated heterocycles. The van der Waals surface area contributed by atoms with E-state index in [4.69, 9.17) is 19.8 Å². The van der Waals surface area contributed by atoms with Crippen molar-refractivity contribution in [2.24, 2.45) is 0 Å².